The topological polar surface area (TPSA) is 114 Å². The van der Waals surface area contributed by atoms with Crippen molar-refractivity contribution in [2.45, 2.75) is 32.9 Å². The van der Waals surface area contributed by atoms with E-state index in [-0.39, 0.29) is 5.02 Å². The summed E-state index contributed by atoms with van der Waals surface area (Å²) in [6, 6.07) is 4.07. The van der Waals surface area contributed by atoms with Crippen molar-refractivity contribution in [1.82, 2.24) is 10.9 Å². The number of carbonyl (C=O) groups is 2. The van der Waals surface area contributed by atoms with Crippen LogP contribution in [-0.4, -0.2) is 29.1 Å². The molecule has 0 spiro atoms. The summed E-state index contributed by atoms with van der Waals surface area (Å²) >= 11 is 6.06. The Kier molecular flexibility index (Phi) is 6.16. The summed E-state index contributed by atoms with van der Waals surface area (Å²) in [6.07, 6.45) is -1.03. The van der Waals surface area contributed by atoms with E-state index in [4.69, 9.17) is 16.9 Å². The Hall–Kier alpha value is -2.30. The molecule has 118 valence electrons. The predicted molar refractivity (Wildman–Crippen MR) is 82.0 cm³/mol. The van der Waals surface area contributed by atoms with Gasteiger partial charge in [0.05, 0.1) is 16.7 Å². The van der Waals surface area contributed by atoms with Crippen molar-refractivity contribution in [3.63, 3.8) is 0 Å². The van der Waals surface area contributed by atoms with Crippen molar-refractivity contribution < 1.29 is 14.7 Å². The number of hydrogen-bond acceptors (Lipinski definition) is 5. The van der Waals surface area contributed by atoms with Gasteiger partial charge in [-0.05, 0) is 31.5 Å². The highest BCUT2D eigenvalue weighted by atomic mass is 35.5. The monoisotopic (exact) mass is 324 g/mol. The van der Waals surface area contributed by atoms with Crippen molar-refractivity contribution >= 4 is 29.1 Å². The van der Waals surface area contributed by atoms with Gasteiger partial charge in [0, 0.05) is 12.6 Å². The molecule has 0 saturated heterocycles. The van der Waals surface area contributed by atoms with Crippen molar-refractivity contribution in [3.8, 4) is 6.07 Å². The summed E-state index contributed by atoms with van der Waals surface area (Å²) in [4.78, 5) is 22.8. The average molecular weight is 325 g/mol. The number of halogens is 1. The molecule has 4 N–H and O–H groups in total. The molecular weight excluding hydrogens is 308 g/mol. The van der Waals surface area contributed by atoms with Crippen LogP contribution in [0.4, 0.5) is 5.69 Å². The van der Waals surface area contributed by atoms with Crippen LogP contribution in [0.5, 0.6) is 0 Å². The van der Waals surface area contributed by atoms with Crippen molar-refractivity contribution in [3.05, 3.63) is 28.3 Å². The third kappa shape index (κ3) is 4.35. The van der Waals surface area contributed by atoms with Crippen LogP contribution in [0, 0.1) is 18.3 Å². The maximum Gasteiger partial charge on any atom is 0.263 e. The Morgan fingerprint density at radius 1 is 1.36 bits per heavy atom. The Balaban J connectivity index is 2.97. The lowest BCUT2D eigenvalue weighted by Gasteiger charge is -2.23. The minimum absolute atomic E-state index is 0.277. The molecule has 22 heavy (non-hydrogen) atoms. The molecular formula is C14H17ClN4O3. The van der Waals surface area contributed by atoms with Crippen LogP contribution < -0.4 is 16.2 Å². The summed E-state index contributed by atoms with van der Waals surface area (Å²) in [5.41, 5.74) is 5.76. The average Bonchev–Trinajstić information content (AvgIpc) is 2.46. The van der Waals surface area contributed by atoms with Gasteiger partial charge in [-0.2, -0.15) is 5.26 Å². The number of anilines is 1. The number of aliphatic hydroxyl groups excluding tert-OH is 1. The highest BCUT2D eigenvalue weighted by Crippen LogP contribution is 2.27. The quantitative estimate of drug-likeness (QED) is 0.613. The molecule has 0 aromatic heterocycles. The third-order valence-electron chi connectivity index (χ3n) is 2.94. The zero-order valence-electron chi connectivity index (χ0n) is 12.4. The molecule has 0 unspecified atom stereocenters. The van der Waals surface area contributed by atoms with Crippen molar-refractivity contribution in [2.75, 3.05) is 5.32 Å². The highest BCUT2D eigenvalue weighted by molar-refractivity contribution is 6.32. The smallest absolute Gasteiger partial charge is 0.263 e. The van der Waals surface area contributed by atoms with Gasteiger partial charge < -0.3 is 10.4 Å². The Morgan fingerprint density at radius 3 is 2.50 bits per heavy atom. The second-order valence-electron chi connectivity index (χ2n) is 4.74. The van der Waals surface area contributed by atoms with E-state index in [1.54, 1.807) is 13.0 Å². The summed E-state index contributed by atoms with van der Waals surface area (Å²) < 4.78 is 0. The number of nitrogens with zero attached hydrogens (tertiary/aromatic N) is 1. The first kappa shape index (κ1) is 17.8. The molecule has 2 amide bonds. The zero-order chi connectivity index (χ0) is 16.9. The number of hydrogen-bond donors (Lipinski definition) is 4. The molecule has 1 aromatic carbocycles. The van der Waals surface area contributed by atoms with E-state index in [2.05, 4.69) is 16.2 Å². The molecule has 0 radical (unpaired) electrons. The Labute approximate surface area is 133 Å². The summed E-state index contributed by atoms with van der Waals surface area (Å²) in [7, 11) is 0. The second kappa shape index (κ2) is 7.64. The molecule has 0 aliphatic rings. The molecule has 1 aromatic rings. The number of nitrogens with one attached hydrogen (secondary N) is 3. The van der Waals surface area contributed by atoms with E-state index in [0.717, 1.165) is 0 Å². The summed E-state index contributed by atoms with van der Waals surface area (Å²) in [5.74, 6) is -1.04. The van der Waals surface area contributed by atoms with Gasteiger partial charge in [0.1, 0.15) is 12.1 Å². The van der Waals surface area contributed by atoms with Crippen LogP contribution in [0.3, 0.4) is 0 Å². The maximum atomic E-state index is 12.0. The van der Waals surface area contributed by atoms with Gasteiger partial charge in [0.2, 0.25) is 5.91 Å². The predicted octanol–water partition coefficient (Wildman–Crippen LogP) is 0.849. The van der Waals surface area contributed by atoms with Crippen LogP contribution in [0.1, 0.15) is 25.0 Å². The summed E-state index contributed by atoms with van der Waals surface area (Å²) in [6.45, 7) is 4.37. The molecule has 0 fully saturated rings. The minimum Gasteiger partial charge on any atom is -0.391 e. The van der Waals surface area contributed by atoms with E-state index in [0.29, 0.717) is 16.8 Å². The SMILES string of the molecule is CC(=O)NNC(=O)[C@H](Nc1ccc(C#N)c(Cl)c1C)[C@H](C)O. The third-order valence-corrected chi connectivity index (χ3v) is 3.43. The van der Waals surface area contributed by atoms with Gasteiger partial charge in [-0.25, -0.2) is 0 Å². The largest absolute Gasteiger partial charge is 0.391 e. The van der Waals surface area contributed by atoms with E-state index < -0.39 is 24.0 Å². The first-order valence-electron chi connectivity index (χ1n) is 6.48. The van der Waals surface area contributed by atoms with Gasteiger partial charge >= 0.3 is 0 Å². The standard InChI is InChI=1S/C14H17ClN4O3/c1-7-11(5-4-10(6-16)12(7)15)17-13(8(2)20)14(22)19-18-9(3)21/h4-5,8,13,17,20H,1-3H3,(H,18,21)(H,19,22)/t8-,13+/m0/s1. The molecule has 0 bridgehead atoms. The number of rotatable bonds is 4. The van der Waals surface area contributed by atoms with Crippen LogP contribution >= 0.6 is 11.6 Å². The number of hydrazine groups is 1. The van der Waals surface area contributed by atoms with Crippen LogP contribution in [-0.2, 0) is 9.59 Å². The van der Waals surface area contributed by atoms with E-state index in [1.807, 2.05) is 6.07 Å². The first-order chi connectivity index (χ1) is 10.3. The molecule has 8 heteroatoms. The maximum absolute atomic E-state index is 12.0. The molecule has 0 aliphatic heterocycles. The molecule has 7 nitrogen and oxygen atoms in total. The van der Waals surface area contributed by atoms with Gasteiger partial charge in [0.25, 0.3) is 5.91 Å². The van der Waals surface area contributed by atoms with E-state index >= 15 is 0 Å². The van der Waals surface area contributed by atoms with Crippen LogP contribution in [0.25, 0.3) is 0 Å². The number of nitriles is 1. The van der Waals surface area contributed by atoms with Crippen LogP contribution in [0.15, 0.2) is 12.1 Å². The van der Waals surface area contributed by atoms with Crippen LogP contribution in [0.2, 0.25) is 5.02 Å². The second-order valence-corrected chi connectivity index (χ2v) is 5.12. The highest BCUT2D eigenvalue weighted by Gasteiger charge is 2.24. The fourth-order valence-corrected chi connectivity index (χ4v) is 1.93. The molecule has 0 aliphatic carbocycles. The van der Waals surface area contributed by atoms with Gasteiger partial charge in [-0.1, -0.05) is 11.6 Å². The summed E-state index contributed by atoms with van der Waals surface area (Å²) in [5, 5.41) is 21.8. The molecule has 2 atom stereocenters. The fraction of sp³-hybridized carbons (Fsp3) is 0.357. The normalized spacial score (nSPS) is 12.7. The number of amides is 2. The van der Waals surface area contributed by atoms with E-state index in [9.17, 15) is 14.7 Å². The Bertz CT molecular complexity index is 625. The van der Waals surface area contributed by atoms with Gasteiger partial charge in [0.15, 0.2) is 0 Å². The molecule has 1 rings (SSSR count). The molecule has 0 saturated carbocycles. The number of carbonyl (C=O) groups excluding carboxylic acids is 2. The lowest BCUT2D eigenvalue weighted by molar-refractivity contribution is -0.129. The number of benzene rings is 1. The van der Waals surface area contributed by atoms with E-state index in [1.165, 1.54) is 19.9 Å². The lowest BCUT2D eigenvalue weighted by Crippen LogP contribution is -2.51. The zero-order valence-corrected chi connectivity index (χ0v) is 13.2. The fourth-order valence-electron chi connectivity index (χ4n) is 1.73. The van der Waals surface area contributed by atoms with Crippen molar-refractivity contribution in [1.29, 1.82) is 5.26 Å². The minimum atomic E-state index is -1.03. The van der Waals surface area contributed by atoms with Gasteiger partial charge in [-0.15, -0.1) is 0 Å². The lowest BCUT2D eigenvalue weighted by atomic mass is 10.1. The van der Waals surface area contributed by atoms with Crippen molar-refractivity contribution in [2.24, 2.45) is 0 Å². The first-order valence-corrected chi connectivity index (χ1v) is 6.86. The number of aliphatic hydroxyl groups is 1. The van der Waals surface area contributed by atoms with Gasteiger partial charge in [-0.3, -0.25) is 20.4 Å². The molecule has 0 heterocycles. The Morgan fingerprint density at radius 2 is 2.00 bits per heavy atom.